The first-order valence-corrected chi connectivity index (χ1v) is 15.0. The van der Waals surface area contributed by atoms with Crippen LogP contribution < -0.4 is 0 Å². The van der Waals surface area contributed by atoms with Crippen molar-refractivity contribution in [3.8, 4) is 0 Å². The van der Waals surface area contributed by atoms with E-state index < -0.39 is 13.7 Å². The van der Waals surface area contributed by atoms with Crippen LogP contribution in [0.25, 0.3) is 0 Å². The molecular weight excluding hydrogens is 420 g/mol. The van der Waals surface area contributed by atoms with Crippen LogP contribution in [0.15, 0.2) is 30.3 Å². The van der Waals surface area contributed by atoms with Gasteiger partial charge in [-0.3, -0.25) is 4.79 Å². The molecule has 6 bridgehead atoms. The number of benzene rings is 1. The van der Waals surface area contributed by atoms with Gasteiger partial charge in [0.1, 0.15) is 6.10 Å². The summed E-state index contributed by atoms with van der Waals surface area (Å²) in [7, 11) is -0.409. The van der Waals surface area contributed by atoms with E-state index in [1.54, 1.807) is 12.1 Å². The maximum Gasteiger partial charge on any atom is 0.338 e. The summed E-state index contributed by atoms with van der Waals surface area (Å²) in [5.74, 6) is 1.09. The molecule has 6 rings (SSSR count). The first-order chi connectivity index (χ1) is 15.0. The molecule has 0 aliphatic heterocycles. The minimum Gasteiger partial charge on any atom is -0.469 e. The second-order valence-corrected chi connectivity index (χ2v) is 16.7. The fourth-order valence-electron chi connectivity index (χ4n) is 7.28. The van der Waals surface area contributed by atoms with E-state index in [-0.39, 0.29) is 35.1 Å². The van der Waals surface area contributed by atoms with E-state index in [0.29, 0.717) is 29.2 Å². The Kier molecular flexibility index (Phi) is 4.96. The van der Waals surface area contributed by atoms with Crippen molar-refractivity contribution < 1.29 is 23.5 Å². The van der Waals surface area contributed by atoms with Crippen LogP contribution in [0.2, 0.25) is 18.1 Å². The Morgan fingerprint density at radius 3 is 2.38 bits per heavy atom. The number of methoxy groups -OCH3 is 1. The highest BCUT2D eigenvalue weighted by Crippen LogP contribution is 2.84. The Balaban J connectivity index is 1.41. The van der Waals surface area contributed by atoms with Gasteiger partial charge in [0.05, 0.1) is 18.1 Å². The lowest BCUT2D eigenvalue weighted by atomic mass is 9.73. The minimum atomic E-state index is -1.91. The molecule has 0 amide bonds. The first-order valence-electron chi connectivity index (χ1n) is 12.0. The van der Waals surface area contributed by atoms with Gasteiger partial charge in [-0.2, -0.15) is 0 Å². The molecule has 0 aromatic heterocycles. The number of carbonyl (C=O) groups excluding carboxylic acids is 2. The summed E-state index contributed by atoms with van der Waals surface area (Å²) in [4.78, 5) is 26.1. The number of esters is 2. The molecule has 0 radical (unpaired) electrons. The summed E-state index contributed by atoms with van der Waals surface area (Å²) in [5, 5.41) is 0.149. The molecule has 174 valence electrons. The van der Waals surface area contributed by atoms with Gasteiger partial charge in [-0.25, -0.2) is 4.79 Å². The predicted molar refractivity (Wildman–Crippen MR) is 123 cm³/mol. The van der Waals surface area contributed by atoms with Gasteiger partial charge in [-0.15, -0.1) is 0 Å². The van der Waals surface area contributed by atoms with Crippen LogP contribution in [0, 0.1) is 35.0 Å². The van der Waals surface area contributed by atoms with Crippen LogP contribution in [0.1, 0.15) is 50.4 Å². The first kappa shape index (κ1) is 22.1. The monoisotopic (exact) mass is 456 g/mol. The zero-order valence-electron chi connectivity index (χ0n) is 20.1. The van der Waals surface area contributed by atoms with Gasteiger partial charge < -0.3 is 13.9 Å². The van der Waals surface area contributed by atoms with E-state index in [2.05, 4.69) is 33.9 Å². The Hall–Kier alpha value is -1.66. The van der Waals surface area contributed by atoms with Crippen LogP contribution >= 0.6 is 0 Å². The maximum absolute atomic E-state index is 13.2. The van der Waals surface area contributed by atoms with Crippen LogP contribution in [0.3, 0.4) is 0 Å². The average molecular weight is 457 g/mol. The summed E-state index contributed by atoms with van der Waals surface area (Å²) in [5.41, 5.74) is 0.0603. The predicted octanol–water partition coefficient (Wildman–Crippen LogP) is 5.07. The Bertz CT molecular complexity index is 922. The second kappa shape index (κ2) is 7.17. The molecule has 0 unspecified atom stereocenters. The average Bonchev–Trinajstić information content (AvgIpc) is 3.25. The molecule has 32 heavy (non-hydrogen) atoms. The smallest absolute Gasteiger partial charge is 0.338 e. The fraction of sp³-hybridized carbons (Fsp3) is 0.692. The summed E-state index contributed by atoms with van der Waals surface area (Å²) >= 11 is 0. The number of hydrogen-bond acceptors (Lipinski definition) is 5. The quantitative estimate of drug-likeness (QED) is 0.457. The number of ether oxygens (including phenoxy) is 2. The Morgan fingerprint density at radius 2 is 1.75 bits per heavy atom. The van der Waals surface area contributed by atoms with Gasteiger partial charge in [0.25, 0.3) is 0 Å². The van der Waals surface area contributed by atoms with Crippen LogP contribution in [-0.2, 0) is 18.7 Å². The highest BCUT2D eigenvalue weighted by atomic mass is 28.4. The van der Waals surface area contributed by atoms with Crippen molar-refractivity contribution in [2.24, 2.45) is 35.0 Å². The summed E-state index contributed by atoms with van der Waals surface area (Å²) in [6.07, 6.45) is 2.60. The lowest BCUT2D eigenvalue weighted by Crippen LogP contribution is -2.44. The normalized spacial score (nSPS) is 39.4. The van der Waals surface area contributed by atoms with Crippen molar-refractivity contribution in [2.75, 3.05) is 7.11 Å². The summed E-state index contributed by atoms with van der Waals surface area (Å²) < 4.78 is 18.3. The molecular formula is C26H36O5Si. The second-order valence-electron chi connectivity index (χ2n) is 11.9. The van der Waals surface area contributed by atoms with E-state index >= 15 is 0 Å². The largest absolute Gasteiger partial charge is 0.469 e. The molecule has 0 saturated heterocycles. The summed E-state index contributed by atoms with van der Waals surface area (Å²) in [6, 6.07) is 9.17. The highest BCUT2D eigenvalue weighted by Gasteiger charge is 2.87. The lowest BCUT2D eigenvalue weighted by Gasteiger charge is -2.40. The maximum atomic E-state index is 13.2. The van der Waals surface area contributed by atoms with Crippen LogP contribution in [-0.4, -0.2) is 39.6 Å². The van der Waals surface area contributed by atoms with Crippen molar-refractivity contribution in [2.45, 2.75) is 70.4 Å². The molecule has 5 fully saturated rings. The zero-order valence-corrected chi connectivity index (χ0v) is 21.1. The molecule has 0 heterocycles. The topological polar surface area (TPSA) is 61.8 Å². The molecule has 5 aliphatic carbocycles. The van der Waals surface area contributed by atoms with E-state index in [4.69, 9.17) is 13.9 Å². The van der Waals surface area contributed by atoms with Crippen molar-refractivity contribution in [1.82, 2.24) is 0 Å². The SMILES string of the molecule is COC(=O)[C@@]12CC[C@@H](O[Si](C)(C)C(C)(C)C)C[C@@H]3[C@H]4[C@@H]([C@@H](OC(=O)c5ccccc5)[C@@H]31)[C@H]42. The van der Waals surface area contributed by atoms with E-state index in [1.807, 2.05) is 18.2 Å². The van der Waals surface area contributed by atoms with Gasteiger partial charge in [-0.1, -0.05) is 39.0 Å². The Morgan fingerprint density at radius 1 is 1.06 bits per heavy atom. The number of carbonyl (C=O) groups is 2. The third-order valence-corrected chi connectivity index (χ3v) is 14.0. The third kappa shape index (κ3) is 2.98. The highest BCUT2D eigenvalue weighted by molar-refractivity contribution is 6.74. The summed E-state index contributed by atoms with van der Waals surface area (Å²) in [6.45, 7) is 11.4. The van der Waals surface area contributed by atoms with Crippen molar-refractivity contribution >= 4 is 20.3 Å². The molecule has 0 N–H and O–H groups in total. The van der Waals surface area contributed by atoms with Crippen molar-refractivity contribution in [1.29, 1.82) is 0 Å². The zero-order chi connectivity index (χ0) is 23.1. The number of rotatable bonds is 5. The Labute approximate surface area is 192 Å². The molecule has 1 aromatic carbocycles. The van der Waals surface area contributed by atoms with Gasteiger partial charge in [-0.05, 0) is 67.3 Å². The van der Waals surface area contributed by atoms with Gasteiger partial charge in [0.15, 0.2) is 8.32 Å². The molecule has 0 spiro atoms. The third-order valence-electron chi connectivity index (χ3n) is 9.51. The van der Waals surface area contributed by atoms with Crippen LogP contribution in [0.4, 0.5) is 0 Å². The minimum absolute atomic E-state index is 0.0515. The molecule has 1 aromatic rings. The van der Waals surface area contributed by atoms with Crippen molar-refractivity contribution in [3.63, 3.8) is 0 Å². The molecule has 5 aliphatic rings. The lowest BCUT2D eigenvalue weighted by molar-refractivity contribution is -0.157. The molecule has 5 nitrogen and oxygen atoms in total. The number of hydrogen-bond donors (Lipinski definition) is 0. The molecule has 6 heteroatoms. The van der Waals surface area contributed by atoms with Gasteiger partial charge >= 0.3 is 11.9 Å². The molecule has 8 atom stereocenters. The van der Waals surface area contributed by atoms with Gasteiger partial charge in [0.2, 0.25) is 0 Å². The van der Waals surface area contributed by atoms with Gasteiger partial charge in [0, 0.05) is 17.9 Å². The fourth-order valence-corrected chi connectivity index (χ4v) is 8.68. The molecule has 5 saturated carbocycles. The van der Waals surface area contributed by atoms with Crippen LogP contribution in [0.5, 0.6) is 0 Å². The van der Waals surface area contributed by atoms with E-state index in [0.717, 1.165) is 19.3 Å². The van der Waals surface area contributed by atoms with Crippen molar-refractivity contribution in [3.05, 3.63) is 35.9 Å². The standard InChI is InChI=1S/C26H36O5Si/c1-25(2,3)32(5,6)31-16-12-13-26(24(28)29-4)20-17(14-16)18-19(21(18)26)22(20)30-23(27)15-10-8-7-9-11-15/h7-11,16-22H,12-14H2,1-6H3/t16-,17-,18+,19-,20-,21+,22-,26+/m1/s1. The van der Waals surface area contributed by atoms with E-state index in [9.17, 15) is 9.59 Å². The van der Waals surface area contributed by atoms with E-state index in [1.165, 1.54) is 7.11 Å².